The van der Waals surface area contributed by atoms with Crippen LogP contribution in [0.2, 0.25) is 0 Å². The van der Waals surface area contributed by atoms with Gasteiger partial charge in [0.25, 0.3) is 0 Å². The molecule has 0 fully saturated rings. The Balaban J connectivity index is 2.27. The molecule has 0 radical (unpaired) electrons. The third-order valence-electron chi connectivity index (χ3n) is 3.34. The van der Waals surface area contributed by atoms with Crippen molar-refractivity contribution in [3.63, 3.8) is 0 Å². The van der Waals surface area contributed by atoms with Crippen molar-refractivity contribution in [2.45, 2.75) is 33.1 Å². The van der Waals surface area contributed by atoms with Crippen molar-refractivity contribution < 1.29 is 0 Å². The number of aromatic nitrogens is 2. The van der Waals surface area contributed by atoms with E-state index in [4.69, 9.17) is 0 Å². The van der Waals surface area contributed by atoms with Crippen molar-refractivity contribution in [3.05, 3.63) is 47.9 Å². The van der Waals surface area contributed by atoms with Crippen LogP contribution in [0.25, 0.3) is 0 Å². The molecule has 1 heterocycles. The fourth-order valence-corrected chi connectivity index (χ4v) is 1.95. The Morgan fingerprint density at radius 3 is 2.37 bits per heavy atom. The van der Waals surface area contributed by atoms with Crippen LogP contribution in [0.3, 0.4) is 0 Å². The molecule has 2 rings (SSSR count). The van der Waals surface area contributed by atoms with E-state index in [1.807, 2.05) is 7.05 Å². The first-order valence-electron chi connectivity index (χ1n) is 6.76. The molecule has 0 N–H and O–H groups in total. The van der Waals surface area contributed by atoms with Gasteiger partial charge in [0.05, 0.1) is 0 Å². The summed E-state index contributed by atoms with van der Waals surface area (Å²) in [6.45, 7) is 6.45. The minimum Gasteiger partial charge on any atom is -0.329 e. The van der Waals surface area contributed by atoms with Crippen LogP contribution in [0, 0.1) is 0 Å². The highest BCUT2D eigenvalue weighted by Gasteiger charge is 2.08. The van der Waals surface area contributed by atoms with Crippen molar-refractivity contribution >= 4 is 11.5 Å². The molecule has 0 aliphatic carbocycles. The van der Waals surface area contributed by atoms with Gasteiger partial charge in [-0.15, -0.1) is 0 Å². The highest BCUT2D eigenvalue weighted by molar-refractivity contribution is 5.59. The number of anilines is 2. The first-order chi connectivity index (χ1) is 9.11. The lowest BCUT2D eigenvalue weighted by atomic mass is 10.1. The van der Waals surface area contributed by atoms with E-state index in [9.17, 15) is 0 Å². The summed E-state index contributed by atoms with van der Waals surface area (Å²) >= 11 is 0. The summed E-state index contributed by atoms with van der Waals surface area (Å²) in [6, 6.07) is 10.6. The van der Waals surface area contributed by atoms with Gasteiger partial charge in [-0.3, -0.25) is 0 Å². The quantitative estimate of drug-likeness (QED) is 0.829. The SMILES string of the molecule is CCc1ccc(N(C)c2cc(C(C)C)ncn2)cc1. The van der Waals surface area contributed by atoms with Crippen LogP contribution in [0.5, 0.6) is 0 Å². The largest absolute Gasteiger partial charge is 0.329 e. The monoisotopic (exact) mass is 255 g/mol. The van der Waals surface area contributed by atoms with Gasteiger partial charge in [-0.05, 0) is 30.0 Å². The predicted octanol–water partition coefficient (Wildman–Crippen LogP) is 3.93. The van der Waals surface area contributed by atoms with Crippen LogP contribution in [-0.4, -0.2) is 17.0 Å². The van der Waals surface area contributed by atoms with Gasteiger partial charge in [0.2, 0.25) is 0 Å². The van der Waals surface area contributed by atoms with Crippen molar-refractivity contribution in [1.29, 1.82) is 0 Å². The standard InChI is InChI=1S/C16H21N3/c1-5-13-6-8-14(9-7-13)19(4)16-10-15(12(2)3)17-11-18-16/h6-12H,5H2,1-4H3. The van der Waals surface area contributed by atoms with E-state index in [1.165, 1.54) is 5.56 Å². The fraction of sp³-hybridized carbons (Fsp3) is 0.375. The summed E-state index contributed by atoms with van der Waals surface area (Å²) < 4.78 is 0. The van der Waals surface area contributed by atoms with Crippen LogP contribution in [-0.2, 0) is 6.42 Å². The van der Waals surface area contributed by atoms with E-state index >= 15 is 0 Å². The number of hydrogen-bond donors (Lipinski definition) is 0. The van der Waals surface area contributed by atoms with Crippen molar-refractivity contribution in [1.82, 2.24) is 9.97 Å². The average molecular weight is 255 g/mol. The molecule has 1 aromatic carbocycles. The zero-order valence-corrected chi connectivity index (χ0v) is 12.1. The Kier molecular flexibility index (Phi) is 4.15. The van der Waals surface area contributed by atoms with E-state index in [-0.39, 0.29) is 0 Å². The molecule has 3 nitrogen and oxygen atoms in total. The van der Waals surface area contributed by atoms with Crippen LogP contribution in [0.15, 0.2) is 36.7 Å². The van der Waals surface area contributed by atoms with Crippen LogP contribution in [0.4, 0.5) is 11.5 Å². The Labute approximate surface area is 115 Å². The van der Waals surface area contributed by atoms with Crippen LogP contribution in [0.1, 0.15) is 37.9 Å². The molecule has 1 aromatic heterocycles. The van der Waals surface area contributed by atoms with Gasteiger partial charge in [-0.1, -0.05) is 32.9 Å². The topological polar surface area (TPSA) is 29.0 Å². The molecule has 2 aromatic rings. The second-order valence-electron chi connectivity index (χ2n) is 5.03. The lowest BCUT2D eigenvalue weighted by Crippen LogP contribution is -2.12. The third-order valence-corrected chi connectivity index (χ3v) is 3.34. The molecule has 0 unspecified atom stereocenters. The zero-order chi connectivity index (χ0) is 13.8. The minimum absolute atomic E-state index is 0.414. The van der Waals surface area contributed by atoms with Crippen LogP contribution >= 0.6 is 0 Å². The highest BCUT2D eigenvalue weighted by atomic mass is 15.2. The number of rotatable bonds is 4. The van der Waals surface area contributed by atoms with Gasteiger partial charge >= 0.3 is 0 Å². The summed E-state index contributed by atoms with van der Waals surface area (Å²) in [6.07, 6.45) is 2.70. The lowest BCUT2D eigenvalue weighted by Gasteiger charge is -2.19. The Bertz CT molecular complexity index is 532. The first-order valence-corrected chi connectivity index (χ1v) is 6.76. The van der Waals surface area contributed by atoms with Gasteiger partial charge in [-0.2, -0.15) is 0 Å². The van der Waals surface area contributed by atoms with E-state index < -0.39 is 0 Å². The molecule has 0 bridgehead atoms. The van der Waals surface area contributed by atoms with E-state index in [0.29, 0.717) is 5.92 Å². The molecular weight excluding hydrogens is 234 g/mol. The minimum atomic E-state index is 0.414. The molecule has 0 spiro atoms. The van der Waals surface area contributed by atoms with Crippen molar-refractivity contribution in [2.24, 2.45) is 0 Å². The molecule has 19 heavy (non-hydrogen) atoms. The normalized spacial score (nSPS) is 10.8. The van der Waals surface area contributed by atoms with Gasteiger partial charge in [-0.25, -0.2) is 9.97 Å². The molecule has 0 aliphatic heterocycles. The Hall–Kier alpha value is -1.90. The number of aryl methyl sites for hydroxylation is 1. The molecule has 0 saturated carbocycles. The fourth-order valence-electron chi connectivity index (χ4n) is 1.95. The molecule has 100 valence electrons. The zero-order valence-electron chi connectivity index (χ0n) is 12.1. The van der Waals surface area contributed by atoms with E-state index in [2.05, 4.69) is 66.0 Å². The molecule has 0 saturated heterocycles. The lowest BCUT2D eigenvalue weighted by molar-refractivity contribution is 0.812. The second-order valence-corrected chi connectivity index (χ2v) is 5.03. The summed E-state index contributed by atoms with van der Waals surface area (Å²) in [5, 5.41) is 0. The molecular formula is C16H21N3. The summed E-state index contributed by atoms with van der Waals surface area (Å²) in [5.74, 6) is 1.35. The Morgan fingerprint density at radius 2 is 1.79 bits per heavy atom. The molecule has 0 amide bonds. The Morgan fingerprint density at radius 1 is 1.11 bits per heavy atom. The summed E-state index contributed by atoms with van der Waals surface area (Å²) in [5.41, 5.74) is 3.57. The average Bonchev–Trinajstić information content (AvgIpc) is 2.46. The predicted molar refractivity (Wildman–Crippen MR) is 80.0 cm³/mol. The number of benzene rings is 1. The maximum atomic E-state index is 4.36. The molecule has 0 atom stereocenters. The third kappa shape index (κ3) is 3.11. The molecule has 3 heteroatoms. The smallest absolute Gasteiger partial charge is 0.136 e. The summed E-state index contributed by atoms with van der Waals surface area (Å²) in [7, 11) is 2.04. The molecule has 0 aliphatic rings. The van der Waals surface area contributed by atoms with E-state index in [0.717, 1.165) is 23.6 Å². The van der Waals surface area contributed by atoms with Crippen LogP contribution < -0.4 is 4.90 Å². The first kappa shape index (κ1) is 13.5. The van der Waals surface area contributed by atoms with Gasteiger partial charge in [0.1, 0.15) is 12.1 Å². The maximum Gasteiger partial charge on any atom is 0.136 e. The van der Waals surface area contributed by atoms with Crippen molar-refractivity contribution in [2.75, 3.05) is 11.9 Å². The number of nitrogens with zero attached hydrogens (tertiary/aromatic N) is 3. The highest BCUT2D eigenvalue weighted by Crippen LogP contribution is 2.23. The second kappa shape index (κ2) is 5.83. The maximum absolute atomic E-state index is 4.36. The van der Waals surface area contributed by atoms with Gasteiger partial charge in [0, 0.05) is 24.5 Å². The van der Waals surface area contributed by atoms with Crippen molar-refractivity contribution in [3.8, 4) is 0 Å². The van der Waals surface area contributed by atoms with E-state index in [1.54, 1.807) is 6.33 Å². The van der Waals surface area contributed by atoms with Gasteiger partial charge in [0.15, 0.2) is 0 Å². The van der Waals surface area contributed by atoms with Gasteiger partial charge < -0.3 is 4.90 Å². The summed E-state index contributed by atoms with van der Waals surface area (Å²) in [4.78, 5) is 10.8. The number of hydrogen-bond acceptors (Lipinski definition) is 3.